The zero-order chi connectivity index (χ0) is 17.7. The van der Waals surface area contributed by atoms with Gasteiger partial charge in [0.25, 0.3) is 0 Å². The zero-order valence-corrected chi connectivity index (χ0v) is 15.7. The van der Waals surface area contributed by atoms with Crippen molar-refractivity contribution in [1.82, 2.24) is 9.21 Å². The molecule has 0 radical (unpaired) electrons. The third-order valence-corrected chi connectivity index (χ3v) is 5.84. The maximum atomic E-state index is 12.7. The Kier molecular flexibility index (Phi) is 6.40. The van der Waals surface area contributed by atoms with Crippen LogP contribution in [-0.2, 0) is 21.4 Å². The summed E-state index contributed by atoms with van der Waals surface area (Å²) in [7, 11) is -3.45. The summed E-state index contributed by atoms with van der Waals surface area (Å²) in [5.41, 5.74) is 1.98. The highest BCUT2D eigenvalue weighted by Gasteiger charge is 2.29. The van der Waals surface area contributed by atoms with Gasteiger partial charge in [-0.3, -0.25) is 4.79 Å². The molecule has 1 amide bonds. The van der Waals surface area contributed by atoms with Gasteiger partial charge in [0.2, 0.25) is 15.9 Å². The van der Waals surface area contributed by atoms with E-state index in [9.17, 15) is 13.2 Å². The molecule has 0 aromatic heterocycles. The summed E-state index contributed by atoms with van der Waals surface area (Å²) in [6, 6.07) is 7.97. The van der Waals surface area contributed by atoms with Crippen LogP contribution in [0.25, 0.3) is 0 Å². The van der Waals surface area contributed by atoms with Gasteiger partial charge in [0.15, 0.2) is 0 Å². The van der Waals surface area contributed by atoms with Gasteiger partial charge in [-0.1, -0.05) is 36.8 Å². The maximum Gasteiger partial charge on any atom is 0.238 e. The molecule has 1 aromatic carbocycles. The van der Waals surface area contributed by atoms with E-state index in [0.717, 1.165) is 43.4 Å². The van der Waals surface area contributed by atoms with Gasteiger partial charge in [0.1, 0.15) is 0 Å². The Morgan fingerprint density at radius 2 is 2.08 bits per heavy atom. The van der Waals surface area contributed by atoms with Gasteiger partial charge in [-0.15, -0.1) is 0 Å². The Morgan fingerprint density at radius 3 is 2.71 bits per heavy atom. The summed E-state index contributed by atoms with van der Waals surface area (Å²) in [5, 5.41) is 0. The zero-order valence-electron chi connectivity index (χ0n) is 14.9. The van der Waals surface area contributed by atoms with Crippen molar-refractivity contribution in [3.05, 3.63) is 35.4 Å². The number of carbonyl (C=O) groups excluding carboxylic acids is 1. The van der Waals surface area contributed by atoms with Crippen LogP contribution in [0.15, 0.2) is 24.3 Å². The predicted octanol–water partition coefficient (Wildman–Crippen LogP) is 2.55. The molecule has 0 bridgehead atoms. The lowest BCUT2D eigenvalue weighted by Crippen LogP contribution is -2.48. The van der Waals surface area contributed by atoms with E-state index in [4.69, 9.17) is 0 Å². The first-order valence-corrected chi connectivity index (χ1v) is 10.5. The summed E-state index contributed by atoms with van der Waals surface area (Å²) in [5.74, 6) is -0.0837. The van der Waals surface area contributed by atoms with Gasteiger partial charge in [-0.05, 0) is 38.2 Å². The van der Waals surface area contributed by atoms with E-state index in [-0.39, 0.29) is 25.0 Å². The van der Waals surface area contributed by atoms with Crippen molar-refractivity contribution in [2.24, 2.45) is 0 Å². The first-order valence-electron chi connectivity index (χ1n) is 8.61. The Bertz CT molecular complexity index is 673. The number of hydrogen-bond acceptors (Lipinski definition) is 3. The normalized spacial score (nSPS) is 18.8. The van der Waals surface area contributed by atoms with Gasteiger partial charge < -0.3 is 4.90 Å². The first kappa shape index (κ1) is 18.9. The van der Waals surface area contributed by atoms with Crippen molar-refractivity contribution in [2.45, 2.75) is 52.1 Å². The average molecular weight is 353 g/mol. The molecule has 1 aliphatic heterocycles. The minimum atomic E-state index is -3.45. The molecule has 24 heavy (non-hydrogen) atoms. The first-order chi connectivity index (χ1) is 11.3. The second-order valence-electron chi connectivity index (χ2n) is 6.67. The Labute approximate surface area is 145 Å². The van der Waals surface area contributed by atoms with E-state index in [1.807, 2.05) is 36.1 Å². The summed E-state index contributed by atoms with van der Waals surface area (Å²) in [4.78, 5) is 14.6. The molecule has 1 fully saturated rings. The van der Waals surface area contributed by atoms with Crippen LogP contribution in [0, 0.1) is 6.92 Å². The summed E-state index contributed by atoms with van der Waals surface area (Å²) < 4.78 is 25.6. The minimum Gasteiger partial charge on any atom is -0.339 e. The molecule has 1 aliphatic rings. The smallest absolute Gasteiger partial charge is 0.238 e. The molecule has 0 spiro atoms. The molecule has 1 heterocycles. The lowest BCUT2D eigenvalue weighted by molar-refractivity contribution is -0.135. The van der Waals surface area contributed by atoms with Crippen LogP contribution in [0.1, 0.15) is 43.7 Å². The van der Waals surface area contributed by atoms with Crippen molar-refractivity contribution in [1.29, 1.82) is 0 Å². The average Bonchev–Trinajstić information content (AvgIpc) is 2.53. The number of nitrogens with zero attached hydrogens (tertiary/aromatic N) is 2. The topological polar surface area (TPSA) is 57.7 Å². The highest BCUT2D eigenvalue weighted by molar-refractivity contribution is 7.88. The van der Waals surface area contributed by atoms with Crippen LogP contribution in [-0.4, -0.2) is 48.9 Å². The van der Waals surface area contributed by atoms with Crippen LogP contribution in [0.5, 0.6) is 0 Å². The largest absolute Gasteiger partial charge is 0.339 e. The lowest BCUT2D eigenvalue weighted by atomic mass is 10.00. The van der Waals surface area contributed by atoms with Crippen molar-refractivity contribution < 1.29 is 13.2 Å². The molecule has 2 rings (SSSR count). The van der Waals surface area contributed by atoms with Crippen molar-refractivity contribution in [3.63, 3.8) is 0 Å². The second-order valence-corrected chi connectivity index (χ2v) is 8.65. The van der Waals surface area contributed by atoms with E-state index in [2.05, 4.69) is 6.92 Å². The molecule has 6 heteroatoms. The molecular weight excluding hydrogens is 324 g/mol. The van der Waals surface area contributed by atoms with Crippen LogP contribution in [0.2, 0.25) is 0 Å². The van der Waals surface area contributed by atoms with Crippen molar-refractivity contribution in [2.75, 3.05) is 19.3 Å². The summed E-state index contributed by atoms with van der Waals surface area (Å²) in [6.45, 7) is 4.94. The second kappa shape index (κ2) is 8.12. The van der Waals surface area contributed by atoms with Gasteiger partial charge in [0.05, 0.1) is 12.8 Å². The number of hydrogen-bond donors (Lipinski definition) is 0. The highest BCUT2D eigenvalue weighted by atomic mass is 32.2. The minimum absolute atomic E-state index is 0.0801. The van der Waals surface area contributed by atoms with Crippen LogP contribution >= 0.6 is 0 Å². The van der Waals surface area contributed by atoms with Crippen molar-refractivity contribution in [3.8, 4) is 0 Å². The van der Waals surface area contributed by atoms with E-state index in [1.165, 1.54) is 10.6 Å². The molecule has 1 saturated heterocycles. The molecule has 0 aliphatic carbocycles. The van der Waals surface area contributed by atoms with E-state index < -0.39 is 10.0 Å². The number of aryl methyl sites for hydroxylation is 1. The fourth-order valence-electron chi connectivity index (χ4n) is 3.30. The molecule has 0 saturated carbocycles. The van der Waals surface area contributed by atoms with E-state index in [1.54, 1.807) is 0 Å². The molecule has 1 unspecified atom stereocenters. The standard InChI is InChI=1S/C18H28N2O3S/c1-4-17-10-5-6-11-20(17)18(21)14-19(24(3,22)23)13-16-9-7-8-15(2)12-16/h7-9,12,17H,4-6,10-11,13-14H2,1-3H3. The van der Waals surface area contributed by atoms with Crippen LogP contribution in [0.4, 0.5) is 0 Å². The number of likely N-dealkylation sites (tertiary alicyclic amines) is 1. The van der Waals surface area contributed by atoms with E-state index in [0.29, 0.717) is 0 Å². The van der Waals surface area contributed by atoms with Gasteiger partial charge in [-0.25, -0.2) is 8.42 Å². The quantitative estimate of drug-likeness (QED) is 0.790. The van der Waals surface area contributed by atoms with Crippen LogP contribution < -0.4 is 0 Å². The molecule has 0 N–H and O–H groups in total. The SMILES string of the molecule is CCC1CCCCN1C(=O)CN(Cc1cccc(C)c1)S(C)(=O)=O. The van der Waals surface area contributed by atoms with E-state index >= 15 is 0 Å². The molecular formula is C18H28N2O3S. The van der Waals surface area contributed by atoms with Crippen LogP contribution in [0.3, 0.4) is 0 Å². The third kappa shape index (κ3) is 5.05. The van der Waals surface area contributed by atoms with Gasteiger partial charge >= 0.3 is 0 Å². The summed E-state index contributed by atoms with van der Waals surface area (Å²) in [6.07, 6.45) is 5.24. The summed E-state index contributed by atoms with van der Waals surface area (Å²) >= 11 is 0. The number of benzene rings is 1. The highest BCUT2D eigenvalue weighted by Crippen LogP contribution is 2.20. The fourth-order valence-corrected chi connectivity index (χ4v) is 4.03. The number of amides is 1. The maximum absolute atomic E-state index is 12.7. The van der Waals surface area contributed by atoms with Crippen molar-refractivity contribution >= 4 is 15.9 Å². The molecule has 1 aromatic rings. The molecule has 1 atom stereocenters. The van der Waals surface area contributed by atoms with Gasteiger partial charge in [-0.2, -0.15) is 4.31 Å². The number of piperidine rings is 1. The Morgan fingerprint density at radius 1 is 1.33 bits per heavy atom. The lowest BCUT2D eigenvalue weighted by Gasteiger charge is -2.36. The molecule has 5 nitrogen and oxygen atoms in total. The fraction of sp³-hybridized carbons (Fsp3) is 0.611. The number of sulfonamides is 1. The Hall–Kier alpha value is -1.40. The van der Waals surface area contributed by atoms with Gasteiger partial charge in [0, 0.05) is 19.1 Å². The number of rotatable bonds is 6. The third-order valence-electron chi connectivity index (χ3n) is 4.64. The molecule has 134 valence electrons. The monoisotopic (exact) mass is 352 g/mol. The predicted molar refractivity (Wildman–Crippen MR) is 96.1 cm³/mol. The number of carbonyl (C=O) groups is 1. The Balaban J connectivity index is 2.12.